The van der Waals surface area contributed by atoms with Crippen LogP contribution in [0.25, 0.3) is 0 Å². The molecule has 1 saturated heterocycles. The molecule has 0 radical (unpaired) electrons. The highest BCUT2D eigenvalue weighted by Gasteiger charge is 2.27. The number of aromatic nitrogens is 1. The average Bonchev–Trinajstić information content (AvgIpc) is 2.46. The van der Waals surface area contributed by atoms with Crippen molar-refractivity contribution >= 4 is 15.8 Å². The van der Waals surface area contributed by atoms with E-state index >= 15 is 0 Å². The van der Waals surface area contributed by atoms with Crippen LogP contribution in [0.4, 0.5) is 5.82 Å². The van der Waals surface area contributed by atoms with E-state index in [0.717, 1.165) is 12.4 Å². The first kappa shape index (κ1) is 17.9. The maximum Gasteiger partial charge on any atom is 0.218 e. The minimum absolute atomic E-state index is 0.0322. The third kappa shape index (κ3) is 5.02. The zero-order chi connectivity index (χ0) is 17.0. The minimum atomic E-state index is -3.23. The van der Waals surface area contributed by atoms with E-state index in [4.69, 9.17) is 0 Å². The Morgan fingerprint density at radius 3 is 2.39 bits per heavy atom. The number of rotatable bonds is 6. The molecule has 0 atom stereocenters. The topological polar surface area (TPSA) is 56.8 Å². The van der Waals surface area contributed by atoms with Gasteiger partial charge in [0.25, 0.3) is 0 Å². The highest BCUT2D eigenvalue weighted by molar-refractivity contribution is 7.89. The molecule has 0 bridgehead atoms. The smallest absolute Gasteiger partial charge is 0.218 e. The van der Waals surface area contributed by atoms with Gasteiger partial charge in [-0.25, -0.2) is 13.4 Å². The number of anilines is 1. The van der Waals surface area contributed by atoms with E-state index in [9.17, 15) is 8.42 Å². The van der Waals surface area contributed by atoms with Crippen LogP contribution in [-0.2, 0) is 16.6 Å². The Bertz CT molecular complexity index is 633. The van der Waals surface area contributed by atoms with Crippen molar-refractivity contribution in [3.8, 4) is 0 Å². The van der Waals surface area contributed by atoms with Gasteiger partial charge in [-0.1, -0.05) is 18.2 Å². The van der Waals surface area contributed by atoms with Crippen LogP contribution < -0.4 is 4.90 Å². The third-order valence-corrected chi connectivity index (χ3v) is 5.70. The zero-order valence-electron chi connectivity index (χ0n) is 14.2. The molecule has 1 aromatic heterocycles. The van der Waals surface area contributed by atoms with Crippen molar-refractivity contribution in [1.29, 1.82) is 0 Å². The minimum Gasteiger partial charge on any atom is -0.354 e. The fraction of sp³-hybridized carbons (Fsp3) is 0.562. The molecule has 0 spiro atoms. The number of sulfonamides is 1. The van der Waals surface area contributed by atoms with Crippen molar-refractivity contribution in [3.05, 3.63) is 36.0 Å². The van der Waals surface area contributed by atoms with Crippen LogP contribution in [0.1, 0.15) is 12.5 Å². The summed E-state index contributed by atoms with van der Waals surface area (Å²) in [5, 5.41) is 0. The Kier molecular flexibility index (Phi) is 5.78. The van der Waals surface area contributed by atoms with Crippen LogP contribution in [-0.4, -0.2) is 68.6 Å². The van der Waals surface area contributed by atoms with E-state index in [1.165, 1.54) is 5.56 Å². The van der Waals surface area contributed by atoms with Crippen LogP contribution in [0.5, 0.6) is 0 Å². The molecule has 7 heteroatoms. The van der Waals surface area contributed by atoms with Crippen molar-refractivity contribution in [2.75, 3.05) is 50.9 Å². The Hall–Kier alpha value is -1.44. The van der Waals surface area contributed by atoms with E-state index in [1.807, 2.05) is 26.4 Å². The van der Waals surface area contributed by atoms with E-state index in [0.29, 0.717) is 31.8 Å². The quantitative estimate of drug-likeness (QED) is 0.729. The molecule has 0 aromatic carbocycles. The SMILES string of the molecule is C=C(C)CS(=O)(=O)N1CCN(c2ccc(CN(C)C)cn2)CC1. The Labute approximate surface area is 139 Å². The average molecular weight is 338 g/mol. The van der Waals surface area contributed by atoms with Crippen LogP contribution in [0.2, 0.25) is 0 Å². The summed E-state index contributed by atoms with van der Waals surface area (Å²) < 4.78 is 26.0. The van der Waals surface area contributed by atoms with Crippen LogP contribution in [0, 0.1) is 0 Å². The molecule has 2 heterocycles. The summed E-state index contributed by atoms with van der Waals surface area (Å²) in [6.07, 6.45) is 1.89. The standard InChI is InChI=1S/C16H26N4O2S/c1-14(2)13-23(21,22)20-9-7-19(8-10-20)16-6-5-15(11-17-16)12-18(3)4/h5-6,11H,1,7-10,12-13H2,2-4H3. The Balaban J connectivity index is 1.95. The molecule has 23 heavy (non-hydrogen) atoms. The molecule has 128 valence electrons. The molecule has 1 aliphatic heterocycles. The summed E-state index contributed by atoms with van der Waals surface area (Å²) in [5.74, 6) is 0.939. The third-order valence-electron chi connectivity index (χ3n) is 3.69. The second-order valence-electron chi connectivity index (χ2n) is 6.36. The lowest BCUT2D eigenvalue weighted by molar-refractivity contribution is 0.384. The van der Waals surface area contributed by atoms with Crippen molar-refractivity contribution in [2.24, 2.45) is 0 Å². The van der Waals surface area contributed by atoms with Crippen molar-refractivity contribution in [1.82, 2.24) is 14.2 Å². The van der Waals surface area contributed by atoms with Crippen molar-refractivity contribution < 1.29 is 8.42 Å². The highest BCUT2D eigenvalue weighted by Crippen LogP contribution is 2.17. The molecule has 0 amide bonds. The van der Waals surface area contributed by atoms with Crippen LogP contribution in [0.3, 0.4) is 0 Å². The maximum atomic E-state index is 12.2. The van der Waals surface area contributed by atoms with Gasteiger partial charge in [-0.2, -0.15) is 4.31 Å². The first-order valence-corrected chi connectivity index (χ1v) is 9.35. The van der Waals surface area contributed by atoms with Crippen LogP contribution in [0.15, 0.2) is 30.5 Å². The second kappa shape index (κ2) is 7.42. The molecule has 0 aliphatic carbocycles. The molecule has 1 aliphatic rings. The largest absolute Gasteiger partial charge is 0.354 e. The summed E-state index contributed by atoms with van der Waals surface area (Å²) in [6.45, 7) is 8.62. The number of piperazine rings is 1. The summed E-state index contributed by atoms with van der Waals surface area (Å²) in [5.41, 5.74) is 1.84. The van der Waals surface area contributed by atoms with Gasteiger partial charge < -0.3 is 9.80 Å². The maximum absolute atomic E-state index is 12.2. The van der Waals surface area contributed by atoms with Gasteiger partial charge in [0.15, 0.2) is 0 Å². The lowest BCUT2D eigenvalue weighted by atomic mass is 10.2. The summed E-state index contributed by atoms with van der Waals surface area (Å²) in [6, 6.07) is 4.09. The molecular formula is C16H26N4O2S. The number of nitrogens with zero attached hydrogens (tertiary/aromatic N) is 4. The lowest BCUT2D eigenvalue weighted by Gasteiger charge is -2.34. The first-order chi connectivity index (χ1) is 10.8. The van der Waals surface area contributed by atoms with E-state index in [2.05, 4.69) is 27.4 Å². The molecule has 1 aromatic rings. The number of pyridine rings is 1. The predicted octanol–water partition coefficient (Wildman–Crippen LogP) is 1.17. The van der Waals surface area contributed by atoms with E-state index in [1.54, 1.807) is 11.2 Å². The molecule has 6 nitrogen and oxygen atoms in total. The van der Waals surface area contributed by atoms with E-state index < -0.39 is 10.0 Å². The van der Waals surface area contributed by atoms with Crippen molar-refractivity contribution in [2.45, 2.75) is 13.5 Å². The van der Waals surface area contributed by atoms with Crippen molar-refractivity contribution in [3.63, 3.8) is 0 Å². The molecule has 0 N–H and O–H groups in total. The molecule has 2 rings (SSSR count). The first-order valence-electron chi connectivity index (χ1n) is 7.75. The second-order valence-corrected chi connectivity index (χ2v) is 8.33. The van der Waals surface area contributed by atoms with Gasteiger partial charge >= 0.3 is 0 Å². The van der Waals surface area contributed by atoms with Gasteiger partial charge in [-0.3, -0.25) is 0 Å². The molecule has 1 fully saturated rings. The summed E-state index contributed by atoms with van der Waals surface area (Å²) in [7, 11) is 0.825. The molecule has 0 saturated carbocycles. The molecule has 0 unspecified atom stereocenters. The van der Waals surface area contributed by atoms with Gasteiger partial charge in [0.1, 0.15) is 5.82 Å². The summed E-state index contributed by atoms with van der Waals surface area (Å²) >= 11 is 0. The summed E-state index contributed by atoms with van der Waals surface area (Å²) in [4.78, 5) is 8.74. The number of hydrogen-bond donors (Lipinski definition) is 0. The fourth-order valence-electron chi connectivity index (χ4n) is 2.66. The van der Waals surface area contributed by atoms with E-state index in [-0.39, 0.29) is 5.75 Å². The van der Waals surface area contributed by atoms with Gasteiger partial charge in [-0.05, 0) is 32.6 Å². The Morgan fingerprint density at radius 2 is 1.91 bits per heavy atom. The van der Waals surface area contributed by atoms with Crippen LogP contribution >= 0.6 is 0 Å². The lowest BCUT2D eigenvalue weighted by Crippen LogP contribution is -2.49. The number of hydrogen-bond acceptors (Lipinski definition) is 5. The Morgan fingerprint density at radius 1 is 1.26 bits per heavy atom. The van der Waals surface area contributed by atoms with Gasteiger partial charge in [-0.15, -0.1) is 0 Å². The monoisotopic (exact) mass is 338 g/mol. The highest BCUT2D eigenvalue weighted by atomic mass is 32.2. The fourth-order valence-corrected chi connectivity index (χ4v) is 4.19. The predicted molar refractivity (Wildman–Crippen MR) is 94.0 cm³/mol. The van der Waals surface area contributed by atoms with Gasteiger partial charge in [0.05, 0.1) is 5.75 Å². The normalized spacial score (nSPS) is 16.8. The molecular weight excluding hydrogens is 312 g/mol. The van der Waals surface area contributed by atoms with Gasteiger partial charge in [0, 0.05) is 38.9 Å². The zero-order valence-corrected chi connectivity index (χ0v) is 15.0. The van der Waals surface area contributed by atoms with Gasteiger partial charge in [0.2, 0.25) is 10.0 Å².